The molecule has 0 heterocycles. The number of carbonyl (C=O) groups is 2. The van der Waals surface area contributed by atoms with E-state index in [1.807, 2.05) is 42.5 Å². The van der Waals surface area contributed by atoms with Crippen LogP contribution in [0.2, 0.25) is 0 Å². The minimum atomic E-state index is -0.608. The van der Waals surface area contributed by atoms with Gasteiger partial charge in [0.05, 0.1) is 26.9 Å². The lowest BCUT2D eigenvalue weighted by atomic mass is 10.0. The van der Waals surface area contributed by atoms with Crippen LogP contribution in [0.4, 0.5) is 0 Å². The molecule has 0 amide bonds. The molecule has 4 aromatic rings. The Balaban J connectivity index is 1.51. The monoisotopic (exact) mass is 494 g/mol. The first-order chi connectivity index (χ1) is 18.0. The van der Waals surface area contributed by atoms with Crippen molar-refractivity contribution in [3.05, 3.63) is 114 Å². The third-order valence-electron chi connectivity index (χ3n) is 5.71. The van der Waals surface area contributed by atoms with E-state index in [0.717, 1.165) is 11.1 Å². The van der Waals surface area contributed by atoms with Gasteiger partial charge in [0.25, 0.3) is 0 Å². The summed E-state index contributed by atoms with van der Waals surface area (Å²) in [6.07, 6.45) is 3.09. The predicted octanol–water partition coefficient (Wildman–Crippen LogP) is 6.49. The van der Waals surface area contributed by atoms with E-state index in [1.165, 1.54) is 39.5 Å². The van der Waals surface area contributed by atoms with Crippen molar-refractivity contribution in [2.75, 3.05) is 21.3 Å². The van der Waals surface area contributed by atoms with E-state index in [4.69, 9.17) is 18.9 Å². The van der Waals surface area contributed by atoms with Crippen LogP contribution in [0, 0.1) is 0 Å². The molecule has 0 aliphatic carbocycles. The number of benzene rings is 4. The summed E-state index contributed by atoms with van der Waals surface area (Å²) < 4.78 is 21.6. The van der Waals surface area contributed by atoms with E-state index < -0.39 is 5.97 Å². The number of para-hydroxylation sites is 1. The highest BCUT2D eigenvalue weighted by molar-refractivity contribution is 6.07. The summed E-state index contributed by atoms with van der Waals surface area (Å²) in [4.78, 5) is 25.7. The number of hydrogen-bond acceptors (Lipinski definition) is 6. The Morgan fingerprint density at radius 2 is 1.22 bits per heavy atom. The van der Waals surface area contributed by atoms with Crippen molar-refractivity contribution < 1.29 is 28.5 Å². The third kappa shape index (κ3) is 5.87. The number of carbonyl (C=O) groups excluding carboxylic acids is 2. The Bertz CT molecular complexity index is 1400. The number of methoxy groups -OCH3 is 3. The Morgan fingerprint density at radius 3 is 1.84 bits per heavy atom. The summed E-state index contributed by atoms with van der Waals surface area (Å²) in [5.41, 5.74) is 3.48. The fraction of sp³-hybridized carbons (Fsp3) is 0.0968. The predicted molar refractivity (Wildman–Crippen MR) is 143 cm³/mol. The van der Waals surface area contributed by atoms with Crippen LogP contribution in [0.5, 0.6) is 23.0 Å². The molecule has 4 aromatic carbocycles. The zero-order chi connectivity index (χ0) is 26.2. The summed E-state index contributed by atoms with van der Waals surface area (Å²) in [5.74, 6) is 0.593. The smallest absolute Gasteiger partial charge is 0.343 e. The van der Waals surface area contributed by atoms with Gasteiger partial charge in [-0.2, -0.15) is 0 Å². The average molecular weight is 495 g/mol. The average Bonchev–Trinajstić information content (AvgIpc) is 2.96. The van der Waals surface area contributed by atoms with Crippen molar-refractivity contribution in [2.45, 2.75) is 0 Å². The topological polar surface area (TPSA) is 71.1 Å². The number of esters is 1. The first kappa shape index (κ1) is 25.3. The fourth-order valence-electron chi connectivity index (χ4n) is 3.79. The number of rotatable bonds is 9. The van der Waals surface area contributed by atoms with Crippen LogP contribution in [0.3, 0.4) is 0 Å². The maximum Gasteiger partial charge on any atom is 0.343 e. The van der Waals surface area contributed by atoms with Gasteiger partial charge in [-0.05, 0) is 41.5 Å². The van der Waals surface area contributed by atoms with Gasteiger partial charge in [-0.25, -0.2) is 4.79 Å². The molecule has 37 heavy (non-hydrogen) atoms. The zero-order valence-electron chi connectivity index (χ0n) is 20.8. The molecule has 0 atom stereocenters. The quantitative estimate of drug-likeness (QED) is 0.115. The largest absolute Gasteiger partial charge is 0.493 e. The summed E-state index contributed by atoms with van der Waals surface area (Å²) in [6.45, 7) is 0. The van der Waals surface area contributed by atoms with E-state index in [2.05, 4.69) is 0 Å². The van der Waals surface area contributed by atoms with E-state index in [1.54, 1.807) is 42.5 Å². The van der Waals surface area contributed by atoms with Crippen LogP contribution < -0.4 is 18.9 Å². The molecule has 0 saturated heterocycles. The molecule has 4 rings (SSSR count). The van der Waals surface area contributed by atoms with Gasteiger partial charge in [-0.3, -0.25) is 4.79 Å². The van der Waals surface area contributed by atoms with Crippen molar-refractivity contribution in [1.29, 1.82) is 0 Å². The van der Waals surface area contributed by atoms with Gasteiger partial charge >= 0.3 is 5.97 Å². The Kier molecular flexibility index (Phi) is 8.01. The SMILES string of the molecule is COc1cc(C(=O)Oc2ccccc2/C=C/C(=O)c2ccc(-c3ccccc3)cc2)cc(OC)c1OC. The van der Waals surface area contributed by atoms with E-state index in [0.29, 0.717) is 34.1 Å². The van der Waals surface area contributed by atoms with Crippen LogP contribution in [0.25, 0.3) is 17.2 Å². The van der Waals surface area contributed by atoms with Gasteiger partial charge in [0.1, 0.15) is 5.75 Å². The molecule has 6 heteroatoms. The highest BCUT2D eigenvalue weighted by Crippen LogP contribution is 2.38. The lowest BCUT2D eigenvalue weighted by Gasteiger charge is -2.14. The molecule has 0 aliphatic heterocycles. The summed E-state index contributed by atoms with van der Waals surface area (Å²) in [6, 6.07) is 27.4. The molecule has 0 bridgehead atoms. The maximum atomic E-state index is 12.9. The zero-order valence-corrected chi connectivity index (χ0v) is 20.8. The van der Waals surface area contributed by atoms with E-state index in [-0.39, 0.29) is 11.3 Å². The van der Waals surface area contributed by atoms with Crippen LogP contribution in [0.1, 0.15) is 26.3 Å². The third-order valence-corrected chi connectivity index (χ3v) is 5.71. The second kappa shape index (κ2) is 11.7. The highest BCUT2D eigenvalue weighted by atomic mass is 16.5. The lowest BCUT2D eigenvalue weighted by Crippen LogP contribution is -2.10. The highest BCUT2D eigenvalue weighted by Gasteiger charge is 2.19. The Hall–Kier alpha value is -4.84. The standard InChI is InChI=1S/C31H26O6/c1-34-28-19-25(20-29(35-2)30(28)36-3)31(33)37-27-12-8-7-11-24(27)17-18-26(32)23-15-13-22(14-16-23)21-9-5-4-6-10-21/h4-20H,1-3H3/b18-17+. The molecule has 0 N–H and O–H groups in total. The second-order valence-electron chi connectivity index (χ2n) is 7.98. The lowest BCUT2D eigenvalue weighted by molar-refractivity contribution is 0.0733. The van der Waals surface area contributed by atoms with Crippen LogP contribution in [-0.2, 0) is 0 Å². The van der Waals surface area contributed by atoms with Crippen molar-refractivity contribution in [2.24, 2.45) is 0 Å². The molecular formula is C31H26O6. The molecular weight excluding hydrogens is 468 g/mol. The number of ether oxygens (including phenoxy) is 4. The molecule has 186 valence electrons. The summed E-state index contributed by atoms with van der Waals surface area (Å²) in [7, 11) is 4.43. The van der Waals surface area contributed by atoms with Gasteiger partial charge in [-0.15, -0.1) is 0 Å². The van der Waals surface area contributed by atoms with Gasteiger partial charge < -0.3 is 18.9 Å². The van der Waals surface area contributed by atoms with Gasteiger partial charge in [-0.1, -0.05) is 72.8 Å². The van der Waals surface area contributed by atoms with Crippen molar-refractivity contribution in [3.63, 3.8) is 0 Å². The number of allylic oxidation sites excluding steroid dienone is 1. The second-order valence-corrected chi connectivity index (χ2v) is 7.98. The van der Waals surface area contributed by atoms with E-state index in [9.17, 15) is 9.59 Å². The summed E-state index contributed by atoms with van der Waals surface area (Å²) in [5, 5.41) is 0. The van der Waals surface area contributed by atoms with Crippen molar-refractivity contribution in [1.82, 2.24) is 0 Å². The van der Waals surface area contributed by atoms with Crippen molar-refractivity contribution >= 4 is 17.8 Å². The molecule has 0 aliphatic rings. The molecule has 0 saturated carbocycles. The molecule has 0 radical (unpaired) electrons. The molecule has 0 fully saturated rings. The van der Waals surface area contributed by atoms with Gasteiger partial charge in [0, 0.05) is 11.1 Å². The summed E-state index contributed by atoms with van der Waals surface area (Å²) >= 11 is 0. The minimum absolute atomic E-state index is 0.162. The number of ketones is 1. The van der Waals surface area contributed by atoms with E-state index >= 15 is 0 Å². The maximum absolute atomic E-state index is 12.9. The van der Waals surface area contributed by atoms with Crippen LogP contribution in [0.15, 0.2) is 97.1 Å². The molecule has 0 spiro atoms. The Morgan fingerprint density at radius 1 is 0.622 bits per heavy atom. The first-order valence-corrected chi connectivity index (χ1v) is 11.5. The Labute approximate surface area is 215 Å². The molecule has 6 nitrogen and oxygen atoms in total. The normalized spacial score (nSPS) is 10.7. The number of hydrogen-bond donors (Lipinski definition) is 0. The van der Waals surface area contributed by atoms with Gasteiger partial charge in [0.15, 0.2) is 17.3 Å². The molecule has 0 aromatic heterocycles. The van der Waals surface area contributed by atoms with Crippen molar-refractivity contribution in [3.8, 4) is 34.1 Å². The van der Waals surface area contributed by atoms with Crippen LogP contribution in [-0.4, -0.2) is 33.1 Å². The molecule has 0 unspecified atom stereocenters. The fourth-order valence-corrected chi connectivity index (χ4v) is 3.79. The minimum Gasteiger partial charge on any atom is -0.493 e. The van der Waals surface area contributed by atoms with Gasteiger partial charge in [0.2, 0.25) is 5.75 Å². The first-order valence-electron chi connectivity index (χ1n) is 11.5. The van der Waals surface area contributed by atoms with Crippen LogP contribution >= 0.6 is 0 Å².